The number of hydrogen-bond acceptors (Lipinski definition) is 4. The zero-order valence-corrected chi connectivity index (χ0v) is 18.5. The van der Waals surface area contributed by atoms with E-state index in [0.717, 1.165) is 18.4 Å². The molecule has 1 saturated carbocycles. The van der Waals surface area contributed by atoms with Crippen molar-refractivity contribution >= 4 is 33.0 Å². The van der Waals surface area contributed by atoms with Crippen molar-refractivity contribution in [1.29, 1.82) is 0 Å². The van der Waals surface area contributed by atoms with Crippen LogP contribution >= 0.6 is 0 Å². The number of carbonyl (C=O) groups excluding carboxylic acids is 2. The zero-order valence-electron chi connectivity index (χ0n) is 17.7. The molecule has 3 aromatic carbocycles. The summed E-state index contributed by atoms with van der Waals surface area (Å²) in [4.78, 5) is 25.1. The molecule has 1 aliphatic rings. The van der Waals surface area contributed by atoms with Crippen LogP contribution in [0.5, 0.6) is 0 Å². The van der Waals surface area contributed by atoms with Crippen LogP contribution in [0.2, 0.25) is 0 Å². The lowest BCUT2D eigenvalue weighted by Crippen LogP contribution is -2.16. The average Bonchev–Trinajstić information content (AvgIpc) is 3.62. The third-order valence-corrected chi connectivity index (χ3v) is 7.05. The highest BCUT2D eigenvalue weighted by Crippen LogP contribution is 2.31. The molecule has 0 aliphatic heterocycles. The van der Waals surface area contributed by atoms with Gasteiger partial charge in [0.25, 0.3) is 5.91 Å². The molecule has 0 atom stereocenters. The minimum Gasteiger partial charge on any atom is -0.326 e. The predicted molar refractivity (Wildman–Crippen MR) is 124 cm³/mol. The molecule has 0 saturated heterocycles. The molecule has 1 fully saturated rings. The largest absolute Gasteiger partial charge is 0.326 e. The first-order chi connectivity index (χ1) is 15.3. The third kappa shape index (κ3) is 5.23. The third-order valence-electron chi connectivity index (χ3n) is 5.35. The van der Waals surface area contributed by atoms with Crippen LogP contribution in [0, 0.1) is 12.8 Å². The number of sulfone groups is 1. The van der Waals surface area contributed by atoms with Gasteiger partial charge in [0.05, 0.1) is 10.6 Å². The van der Waals surface area contributed by atoms with Crippen LogP contribution in [0.1, 0.15) is 34.3 Å². The summed E-state index contributed by atoms with van der Waals surface area (Å²) in [5.74, 6) is -0.458. The summed E-state index contributed by atoms with van der Waals surface area (Å²) in [5.41, 5.74) is 2.96. The van der Waals surface area contributed by atoms with E-state index in [9.17, 15) is 18.0 Å². The molecule has 7 heteroatoms. The van der Waals surface area contributed by atoms with Gasteiger partial charge in [0.15, 0.2) is 9.84 Å². The first kappa shape index (κ1) is 21.8. The number of benzene rings is 3. The van der Waals surface area contributed by atoms with E-state index in [1.165, 1.54) is 0 Å². The lowest BCUT2D eigenvalue weighted by atomic mass is 10.1. The topological polar surface area (TPSA) is 92.3 Å². The Balaban J connectivity index is 1.49. The lowest BCUT2D eigenvalue weighted by Gasteiger charge is -2.12. The molecule has 0 heterocycles. The van der Waals surface area contributed by atoms with Crippen molar-refractivity contribution in [3.05, 3.63) is 89.5 Å². The molecular weight excluding hydrogens is 424 g/mol. The first-order valence-electron chi connectivity index (χ1n) is 10.4. The van der Waals surface area contributed by atoms with Gasteiger partial charge in [-0.25, -0.2) is 8.42 Å². The second-order valence-electron chi connectivity index (χ2n) is 8.02. The maximum absolute atomic E-state index is 12.9. The molecule has 2 amide bonds. The highest BCUT2D eigenvalue weighted by Gasteiger charge is 2.29. The van der Waals surface area contributed by atoms with E-state index >= 15 is 0 Å². The Morgan fingerprint density at radius 1 is 0.906 bits per heavy atom. The van der Waals surface area contributed by atoms with Gasteiger partial charge >= 0.3 is 0 Å². The minimum absolute atomic E-state index is 0.00143. The molecule has 3 aromatic rings. The van der Waals surface area contributed by atoms with E-state index in [0.29, 0.717) is 22.5 Å². The fraction of sp³-hybridized carbons (Fsp3) is 0.200. The standard InChI is InChI=1S/C25H24N2O4S/c1-17-10-13-21(26-24(28)19-11-12-19)15-23(17)27-25(29)20-7-5-6-18(14-20)16-32(30,31)22-8-3-2-4-9-22/h2-10,13-15,19H,11-12,16H2,1H3,(H,26,28)(H,27,29). The Morgan fingerprint density at radius 3 is 2.38 bits per heavy atom. The summed E-state index contributed by atoms with van der Waals surface area (Å²) in [6.45, 7) is 1.87. The fourth-order valence-corrected chi connectivity index (χ4v) is 4.71. The Kier molecular flexibility index (Phi) is 6.10. The Hall–Kier alpha value is -3.45. The van der Waals surface area contributed by atoms with Gasteiger partial charge in [0.2, 0.25) is 5.91 Å². The predicted octanol–water partition coefficient (Wildman–Crippen LogP) is 4.57. The van der Waals surface area contributed by atoms with Gasteiger partial charge in [-0.15, -0.1) is 0 Å². The van der Waals surface area contributed by atoms with E-state index in [-0.39, 0.29) is 28.4 Å². The first-order valence-corrected chi connectivity index (χ1v) is 12.1. The quantitative estimate of drug-likeness (QED) is 0.554. The summed E-state index contributed by atoms with van der Waals surface area (Å²) in [7, 11) is -3.51. The van der Waals surface area contributed by atoms with Crippen molar-refractivity contribution in [3.8, 4) is 0 Å². The molecule has 164 valence electrons. The zero-order chi connectivity index (χ0) is 22.7. The van der Waals surface area contributed by atoms with Crippen LogP contribution < -0.4 is 10.6 Å². The van der Waals surface area contributed by atoms with E-state index in [1.54, 1.807) is 66.7 Å². The molecule has 2 N–H and O–H groups in total. The van der Waals surface area contributed by atoms with Crippen LogP contribution in [0.3, 0.4) is 0 Å². The fourth-order valence-electron chi connectivity index (χ4n) is 3.35. The SMILES string of the molecule is Cc1ccc(NC(=O)C2CC2)cc1NC(=O)c1cccc(CS(=O)(=O)c2ccccc2)c1. The molecule has 32 heavy (non-hydrogen) atoms. The van der Waals surface area contributed by atoms with Gasteiger partial charge in [-0.1, -0.05) is 36.4 Å². The summed E-state index contributed by atoms with van der Waals surface area (Å²) in [6, 6.07) is 20.2. The Morgan fingerprint density at radius 2 is 1.66 bits per heavy atom. The number of aryl methyl sites for hydroxylation is 1. The van der Waals surface area contributed by atoms with E-state index < -0.39 is 9.84 Å². The molecule has 1 aliphatic carbocycles. The van der Waals surface area contributed by atoms with Crippen molar-refractivity contribution in [2.75, 3.05) is 10.6 Å². The van der Waals surface area contributed by atoms with Gasteiger partial charge < -0.3 is 10.6 Å². The van der Waals surface area contributed by atoms with Crippen LogP contribution in [0.15, 0.2) is 77.7 Å². The number of hydrogen-bond donors (Lipinski definition) is 2. The summed E-state index contributed by atoms with van der Waals surface area (Å²) in [5, 5.41) is 5.75. The second-order valence-corrected chi connectivity index (χ2v) is 10.0. The van der Waals surface area contributed by atoms with E-state index in [4.69, 9.17) is 0 Å². The van der Waals surface area contributed by atoms with Crippen LogP contribution in [0.25, 0.3) is 0 Å². The van der Waals surface area contributed by atoms with E-state index in [2.05, 4.69) is 10.6 Å². The Bertz CT molecular complexity index is 1270. The van der Waals surface area contributed by atoms with Crippen LogP contribution in [0.4, 0.5) is 11.4 Å². The molecule has 0 aromatic heterocycles. The van der Waals surface area contributed by atoms with Gasteiger partial charge in [-0.2, -0.15) is 0 Å². The number of rotatable bonds is 7. The van der Waals surface area contributed by atoms with Crippen molar-refractivity contribution < 1.29 is 18.0 Å². The van der Waals surface area contributed by atoms with E-state index in [1.807, 2.05) is 13.0 Å². The van der Waals surface area contributed by atoms with Crippen LogP contribution in [-0.2, 0) is 20.4 Å². The minimum atomic E-state index is -3.51. The molecule has 0 radical (unpaired) electrons. The summed E-state index contributed by atoms with van der Waals surface area (Å²) in [6.07, 6.45) is 1.83. The maximum atomic E-state index is 12.9. The van der Waals surface area contributed by atoms with Crippen molar-refractivity contribution in [2.24, 2.45) is 5.92 Å². The van der Waals surface area contributed by atoms with Crippen LogP contribution in [-0.4, -0.2) is 20.2 Å². The van der Waals surface area contributed by atoms with Gasteiger partial charge in [0, 0.05) is 22.9 Å². The smallest absolute Gasteiger partial charge is 0.255 e. The van der Waals surface area contributed by atoms with Gasteiger partial charge in [-0.05, 0) is 67.3 Å². The number of amides is 2. The van der Waals surface area contributed by atoms with Crippen molar-refractivity contribution in [1.82, 2.24) is 0 Å². The molecule has 6 nitrogen and oxygen atoms in total. The highest BCUT2D eigenvalue weighted by atomic mass is 32.2. The number of anilines is 2. The van der Waals surface area contributed by atoms with Crippen molar-refractivity contribution in [3.63, 3.8) is 0 Å². The monoisotopic (exact) mass is 448 g/mol. The van der Waals surface area contributed by atoms with Gasteiger partial charge in [0.1, 0.15) is 0 Å². The molecule has 4 rings (SSSR count). The molecule has 0 bridgehead atoms. The average molecular weight is 449 g/mol. The molecule has 0 unspecified atom stereocenters. The number of nitrogens with one attached hydrogen (secondary N) is 2. The van der Waals surface area contributed by atoms with Gasteiger partial charge in [-0.3, -0.25) is 9.59 Å². The molecular formula is C25H24N2O4S. The second kappa shape index (κ2) is 8.96. The Labute approximate surface area is 187 Å². The molecule has 0 spiro atoms. The normalized spacial score (nSPS) is 13.4. The number of carbonyl (C=O) groups is 2. The van der Waals surface area contributed by atoms with Crippen molar-refractivity contribution in [2.45, 2.75) is 30.4 Å². The maximum Gasteiger partial charge on any atom is 0.255 e. The summed E-state index contributed by atoms with van der Waals surface area (Å²) < 4.78 is 25.3. The lowest BCUT2D eigenvalue weighted by molar-refractivity contribution is -0.117. The highest BCUT2D eigenvalue weighted by molar-refractivity contribution is 7.90. The summed E-state index contributed by atoms with van der Waals surface area (Å²) >= 11 is 0.